The number of thiophene rings is 1. The maximum Gasteiger partial charge on any atom is 0.359 e. The Morgan fingerprint density at radius 2 is 1.91 bits per heavy atom. The summed E-state index contributed by atoms with van der Waals surface area (Å²) >= 11 is 0.887. The summed E-state index contributed by atoms with van der Waals surface area (Å²) in [4.78, 5) is 36.9. The molecule has 11 heteroatoms. The highest BCUT2D eigenvalue weighted by atomic mass is 32.1. The van der Waals surface area contributed by atoms with E-state index in [-0.39, 0.29) is 53.1 Å². The Morgan fingerprint density at radius 1 is 1.15 bits per heavy atom. The van der Waals surface area contributed by atoms with Crippen molar-refractivity contribution in [1.82, 2.24) is 9.78 Å². The summed E-state index contributed by atoms with van der Waals surface area (Å²) in [5, 5.41) is 13.5. The Hall–Kier alpha value is -4.17. The molecule has 0 spiro atoms. The minimum atomic E-state index is -0.837. The second-order valence-corrected chi connectivity index (χ2v) is 7.55. The van der Waals surface area contributed by atoms with Crippen LogP contribution in [0.25, 0.3) is 0 Å². The van der Waals surface area contributed by atoms with Crippen LogP contribution in [0.4, 0.5) is 5.00 Å². The number of para-hydroxylation sites is 1. The number of hydrogen-bond donors (Lipinski definition) is 1. The van der Waals surface area contributed by atoms with Crippen LogP contribution in [0.2, 0.25) is 0 Å². The van der Waals surface area contributed by atoms with Gasteiger partial charge in [0, 0.05) is 11.6 Å². The minimum absolute atomic E-state index is 0.0480. The number of nitrogens with two attached hydrogens (primary N) is 1. The number of rotatable bonds is 9. The van der Waals surface area contributed by atoms with E-state index in [1.807, 2.05) is 24.3 Å². The Morgan fingerprint density at radius 3 is 2.61 bits per heavy atom. The lowest BCUT2D eigenvalue weighted by molar-refractivity contribution is 0.0444. The first kappa shape index (κ1) is 23.5. The first-order chi connectivity index (χ1) is 15.9. The fourth-order valence-electron chi connectivity index (χ4n) is 2.80. The molecular formula is C22H20N4O6S. The van der Waals surface area contributed by atoms with Crippen molar-refractivity contribution in [3.8, 4) is 11.8 Å². The van der Waals surface area contributed by atoms with Gasteiger partial charge in [-0.05, 0) is 25.1 Å². The molecular weight excluding hydrogens is 448 g/mol. The molecule has 3 rings (SSSR count). The van der Waals surface area contributed by atoms with E-state index in [1.165, 1.54) is 12.1 Å². The molecule has 3 aromatic rings. The van der Waals surface area contributed by atoms with E-state index >= 15 is 0 Å². The predicted octanol–water partition coefficient (Wildman–Crippen LogP) is 2.37. The quantitative estimate of drug-likeness (QED) is 0.467. The normalized spacial score (nSPS) is 10.3. The molecule has 0 bridgehead atoms. The molecule has 2 N–H and O–H groups in total. The van der Waals surface area contributed by atoms with Gasteiger partial charge in [0.2, 0.25) is 0 Å². The molecule has 0 aliphatic heterocycles. The Labute approximate surface area is 192 Å². The standard InChI is InChI=1S/C22H20N4O6S/c1-2-30-22(29)19-16(15(12-23)20(24)33-19)13-32-21(28)17-8-9-18(27)26(25-17)10-11-31-14-6-4-3-5-7-14/h3-9H,2,10-11,13,24H2,1H3. The Kier molecular flexibility index (Phi) is 7.77. The van der Waals surface area contributed by atoms with Crippen molar-refractivity contribution in [3.05, 3.63) is 74.5 Å². The van der Waals surface area contributed by atoms with Crippen molar-refractivity contribution in [1.29, 1.82) is 5.26 Å². The van der Waals surface area contributed by atoms with Gasteiger partial charge in [0.1, 0.15) is 34.9 Å². The second kappa shape index (κ2) is 10.9. The third-order valence-corrected chi connectivity index (χ3v) is 5.39. The number of carbonyl (C=O) groups is 2. The van der Waals surface area contributed by atoms with Crippen molar-refractivity contribution in [2.45, 2.75) is 20.1 Å². The van der Waals surface area contributed by atoms with Crippen LogP contribution in [-0.2, 0) is 22.6 Å². The second-order valence-electron chi connectivity index (χ2n) is 6.50. The van der Waals surface area contributed by atoms with E-state index in [0.717, 1.165) is 16.0 Å². The summed E-state index contributed by atoms with van der Waals surface area (Å²) in [6.07, 6.45) is 0. The average Bonchev–Trinajstić information content (AvgIpc) is 3.14. The molecule has 0 atom stereocenters. The molecule has 0 amide bonds. The number of ether oxygens (including phenoxy) is 3. The maximum absolute atomic E-state index is 12.5. The molecule has 1 aromatic carbocycles. The van der Waals surface area contributed by atoms with Crippen LogP contribution in [0, 0.1) is 11.3 Å². The summed E-state index contributed by atoms with van der Waals surface area (Å²) < 4.78 is 16.9. The summed E-state index contributed by atoms with van der Waals surface area (Å²) in [6, 6.07) is 13.4. The first-order valence-corrected chi connectivity index (χ1v) is 10.7. The van der Waals surface area contributed by atoms with Gasteiger partial charge in [0.05, 0.1) is 18.7 Å². The van der Waals surface area contributed by atoms with Gasteiger partial charge in [-0.15, -0.1) is 11.3 Å². The van der Waals surface area contributed by atoms with Crippen molar-refractivity contribution in [2.24, 2.45) is 0 Å². The number of nitrogens with zero attached hydrogens (tertiary/aromatic N) is 3. The highest BCUT2D eigenvalue weighted by Crippen LogP contribution is 2.32. The molecule has 0 aliphatic carbocycles. The topological polar surface area (TPSA) is 147 Å². The van der Waals surface area contributed by atoms with E-state index in [2.05, 4.69) is 5.10 Å². The van der Waals surface area contributed by atoms with Gasteiger partial charge >= 0.3 is 11.9 Å². The van der Waals surface area contributed by atoms with E-state index in [1.54, 1.807) is 19.1 Å². The molecule has 2 heterocycles. The fraction of sp³-hybridized carbons (Fsp3) is 0.227. The molecule has 0 radical (unpaired) electrons. The molecule has 0 saturated carbocycles. The van der Waals surface area contributed by atoms with Gasteiger partial charge in [-0.1, -0.05) is 18.2 Å². The smallest absolute Gasteiger partial charge is 0.359 e. The Bertz CT molecular complexity index is 1250. The van der Waals surface area contributed by atoms with E-state index in [0.29, 0.717) is 5.75 Å². The van der Waals surface area contributed by atoms with E-state index in [4.69, 9.17) is 19.9 Å². The van der Waals surface area contributed by atoms with Gasteiger partial charge in [-0.2, -0.15) is 10.4 Å². The third-order valence-electron chi connectivity index (χ3n) is 4.35. The van der Waals surface area contributed by atoms with Crippen LogP contribution >= 0.6 is 11.3 Å². The van der Waals surface area contributed by atoms with Crippen LogP contribution in [0.3, 0.4) is 0 Å². The van der Waals surface area contributed by atoms with Crippen LogP contribution in [0.15, 0.2) is 47.3 Å². The molecule has 33 heavy (non-hydrogen) atoms. The third kappa shape index (κ3) is 5.75. The van der Waals surface area contributed by atoms with Crippen molar-refractivity contribution in [2.75, 3.05) is 18.9 Å². The highest BCUT2D eigenvalue weighted by Gasteiger charge is 2.24. The zero-order valence-corrected chi connectivity index (χ0v) is 18.5. The zero-order chi connectivity index (χ0) is 23.8. The van der Waals surface area contributed by atoms with Gasteiger partial charge < -0.3 is 19.9 Å². The minimum Gasteiger partial charge on any atom is -0.492 e. The lowest BCUT2D eigenvalue weighted by Crippen LogP contribution is -2.27. The van der Waals surface area contributed by atoms with Crippen molar-refractivity contribution >= 4 is 28.3 Å². The maximum atomic E-state index is 12.5. The van der Waals surface area contributed by atoms with E-state index < -0.39 is 17.5 Å². The zero-order valence-electron chi connectivity index (χ0n) is 17.6. The highest BCUT2D eigenvalue weighted by molar-refractivity contribution is 7.18. The van der Waals surface area contributed by atoms with Gasteiger partial charge in [0.25, 0.3) is 5.56 Å². The molecule has 2 aromatic heterocycles. The number of benzene rings is 1. The average molecular weight is 468 g/mol. The SMILES string of the molecule is CCOC(=O)c1sc(N)c(C#N)c1COC(=O)c1ccc(=O)n(CCOc2ccccc2)n1. The molecule has 170 valence electrons. The molecule has 10 nitrogen and oxygen atoms in total. The fourth-order valence-corrected chi connectivity index (χ4v) is 3.72. The number of hydrogen-bond acceptors (Lipinski definition) is 10. The molecule has 0 aliphatic rings. The summed E-state index contributed by atoms with van der Waals surface area (Å²) in [5.41, 5.74) is 5.50. The number of aromatic nitrogens is 2. The molecule has 0 unspecified atom stereocenters. The molecule has 0 fully saturated rings. The predicted molar refractivity (Wildman–Crippen MR) is 119 cm³/mol. The number of anilines is 1. The summed E-state index contributed by atoms with van der Waals surface area (Å²) in [7, 11) is 0. The van der Waals surface area contributed by atoms with Crippen LogP contribution in [-0.4, -0.2) is 34.9 Å². The van der Waals surface area contributed by atoms with E-state index in [9.17, 15) is 19.6 Å². The van der Waals surface area contributed by atoms with Crippen LogP contribution in [0.1, 0.15) is 38.2 Å². The summed E-state index contributed by atoms with van der Waals surface area (Å²) in [5.74, 6) is -0.857. The van der Waals surface area contributed by atoms with Crippen LogP contribution in [0.5, 0.6) is 5.75 Å². The lowest BCUT2D eigenvalue weighted by Gasteiger charge is -2.09. The van der Waals surface area contributed by atoms with Gasteiger partial charge in [-0.3, -0.25) is 4.79 Å². The number of esters is 2. The van der Waals surface area contributed by atoms with Crippen molar-refractivity contribution < 1.29 is 23.8 Å². The largest absolute Gasteiger partial charge is 0.492 e. The monoisotopic (exact) mass is 468 g/mol. The lowest BCUT2D eigenvalue weighted by atomic mass is 10.1. The Balaban J connectivity index is 1.70. The van der Waals surface area contributed by atoms with Crippen molar-refractivity contribution in [3.63, 3.8) is 0 Å². The number of carbonyl (C=O) groups excluding carboxylic acids is 2. The number of nitriles is 1. The van der Waals surface area contributed by atoms with Crippen LogP contribution < -0.4 is 16.0 Å². The molecule has 0 saturated heterocycles. The number of nitrogen functional groups attached to an aromatic ring is 1. The first-order valence-electron chi connectivity index (χ1n) is 9.86. The summed E-state index contributed by atoms with van der Waals surface area (Å²) in [6.45, 7) is 1.67. The van der Waals surface area contributed by atoms with Gasteiger partial charge in [-0.25, -0.2) is 14.3 Å². The van der Waals surface area contributed by atoms with Gasteiger partial charge in [0.15, 0.2) is 5.69 Å².